The van der Waals surface area contributed by atoms with Crippen LogP contribution < -0.4 is 0 Å². The van der Waals surface area contributed by atoms with E-state index in [9.17, 15) is 0 Å². The van der Waals surface area contributed by atoms with E-state index in [-0.39, 0.29) is 23.5 Å². The monoisotopic (exact) mass is 172 g/mol. The average Bonchev–Trinajstić information content (AvgIpc) is 1.76. The Morgan fingerprint density at radius 2 is 0.900 bits per heavy atom. The highest BCUT2D eigenvalue weighted by Gasteiger charge is 1.94. The van der Waals surface area contributed by atoms with Crippen molar-refractivity contribution < 1.29 is 28.3 Å². The molecule has 0 unspecified atom stereocenters. The summed E-state index contributed by atoms with van der Waals surface area (Å²) < 4.78 is 4.94. The quantitative estimate of drug-likeness (QED) is 0.504. The van der Waals surface area contributed by atoms with E-state index >= 15 is 0 Å². The van der Waals surface area contributed by atoms with E-state index in [4.69, 9.17) is 4.74 Å². The topological polar surface area (TPSA) is 9.23 Å². The summed E-state index contributed by atoms with van der Waals surface area (Å²) in [6.07, 6.45) is 2.56. The van der Waals surface area contributed by atoms with Crippen LogP contribution in [0.2, 0.25) is 0 Å². The Morgan fingerprint density at radius 3 is 1.00 bits per heavy atom. The Balaban J connectivity index is -0.0000000167. The maximum absolute atomic E-state index is 4.94. The number of rotatable bonds is 0. The van der Waals surface area contributed by atoms with Gasteiger partial charge in [-0.15, -0.1) is 0 Å². The molecule has 0 radical (unpaired) electrons. The molecule has 1 rings (SSSR count). The van der Waals surface area contributed by atoms with E-state index in [2.05, 4.69) is 0 Å². The smallest absolute Gasteiger partial charge is 0.0466 e. The molecule has 1 nitrogen and oxygen atoms in total. The van der Waals surface area contributed by atoms with Gasteiger partial charge in [0, 0.05) is 13.2 Å². The van der Waals surface area contributed by atoms with Crippen molar-refractivity contribution in [3.63, 3.8) is 0 Å². The summed E-state index contributed by atoms with van der Waals surface area (Å²) in [5, 5.41) is 0. The highest BCUT2D eigenvalue weighted by atomic mass is 19.0. The minimum Gasteiger partial charge on any atom is -0.381 e. The van der Waals surface area contributed by atoms with Crippen molar-refractivity contribution in [1.82, 2.24) is 0 Å². The molecule has 1 aliphatic heterocycles. The SMILES string of the molecule is C1CCOC1.F.F.F.F.F. The summed E-state index contributed by atoms with van der Waals surface area (Å²) >= 11 is 0. The van der Waals surface area contributed by atoms with Crippen LogP contribution in [0, 0.1) is 0 Å². The zero-order valence-corrected chi connectivity index (χ0v) is 5.28. The first-order chi connectivity index (χ1) is 2.50. The minimum absolute atomic E-state index is 0. The van der Waals surface area contributed by atoms with E-state index in [1.54, 1.807) is 0 Å². The molecular weight excluding hydrogens is 159 g/mol. The lowest BCUT2D eigenvalue weighted by Crippen LogP contribution is -1.74. The van der Waals surface area contributed by atoms with Gasteiger partial charge in [-0.2, -0.15) is 0 Å². The second-order valence-electron chi connectivity index (χ2n) is 1.32. The summed E-state index contributed by atoms with van der Waals surface area (Å²) in [5.41, 5.74) is 0. The van der Waals surface area contributed by atoms with Gasteiger partial charge in [0.15, 0.2) is 0 Å². The third-order valence-corrected chi connectivity index (χ3v) is 0.827. The average molecular weight is 172 g/mol. The zero-order valence-electron chi connectivity index (χ0n) is 5.28. The Labute approximate surface area is 55.6 Å². The molecule has 6 heteroatoms. The Hall–Kier alpha value is -0.390. The molecule has 0 bridgehead atoms. The molecule has 0 aromatic heterocycles. The van der Waals surface area contributed by atoms with Crippen molar-refractivity contribution in [2.75, 3.05) is 13.2 Å². The van der Waals surface area contributed by atoms with E-state index in [1.165, 1.54) is 12.8 Å². The maximum atomic E-state index is 4.94. The first kappa shape index (κ1) is 33.5. The first-order valence-electron chi connectivity index (χ1n) is 2.08. The summed E-state index contributed by atoms with van der Waals surface area (Å²) in [7, 11) is 0. The second kappa shape index (κ2) is 23.5. The molecule has 70 valence electrons. The molecular formula is C4H13F5O. The van der Waals surface area contributed by atoms with Crippen LogP contribution in [0.1, 0.15) is 12.8 Å². The molecule has 1 saturated heterocycles. The van der Waals surface area contributed by atoms with Crippen LogP contribution in [0.25, 0.3) is 0 Å². The fourth-order valence-corrected chi connectivity index (χ4v) is 0.510. The number of ether oxygens (including phenoxy) is 1. The lowest BCUT2D eigenvalue weighted by atomic mass is 10.4. The van der Waals surface area contributed by atoms with E-state index in [0.29, 0.717) is 0 Å². The molecule has 0 aromatic rings. The van der Waals surface area contributed by atoms with E-state index < -0.39 is 0 Å². The van der Waals surface area contributed by atoms with Crippen LogP contribution in [0.3, 0.4) is 0 Å². The van der Waals surface area contributed by atoms with Crippen molar-refractivity contribution in [2.24, 2.45) is 0 Å². The molecule has 0 amide bonds. The van der Waals surface area contributed by atoms with Crippen LogP contribution in [0.4, 0.5) is 23.5 Å². The predicted octanol–water partition coefficient (Wildman–Crippen LogP) is 1.56. The third-order valence-electron chi connectivity index (χ3n) is 0.827. The summed E-state index contributed by atoms with van der Waals surface area (Å²) in [5.74, 6) is 0. The van der Waals surface area contributed by atoms with E-state index in [0.717, 1.165) is 13.2 Å². The predicted molar refractivity (Wildman–Crippen MR) is 32.6 cm³/mol. The second-order valence-corrected chi connectivity index (χ2v) is 1.32. The van der Waals surface area contributed by atoms with Gasteiger partial charge in [0.2, 0.25) is 0 Å². The van der Waals surface area contributed by atoms with Crippen LogP contribution in [0.5, 0.6) is 0 Å². The van der Waals surface area contributed by atoms with Gasteiger partial charge < -0.3 is 4.74 Å². The molecule has 0 spiro atoms. The van der Waals surface area contributed by atoms with Crippen molar-refractivity contribution in [3.8, 4) is 0 Å². The highest BCUT2D eigenvalue weighted by molar-refractivity contribution is 4.43. The molecule has 0 aliphatic carbocycles. The molecule has 0 saturated carbocycles. The Bertz CT molecular complexity index is 25.2. The van der Waals surface area contributed by atoms with Crippen LogP contribution in [0.15, 0.2) is 0 Å². The van der Waals surface area contributed by atoms with Crippen LogP contribution >= 0.6 is 0 Å². The fraction of sp³-hybridized carbons (Fsp3) is 1.00. The van der Waals surface area contributed by atoms with Gasteiger partial charge in [0.05, 0.1) is 0 Å². The molecule has 1 aliphatic rings. The van der Waals surface area contributed by atoms with Crippen molar-refractivity contribution in [3.05, 3.63) is 0 Å². The lowest BCUT2D eigenvalue weighted by Gasteiger charge is -1.76. The number of hydrogen-bond donors (Lipinski definition) is 0. The fourth-order valence-electron chi connectivity index (χ4n) is 0.510. The standard InChI is InChI=1S/C4H8O.5FH/c1-2-4-5-3-1;;;;;/h1-4H2;5*1H. The van der Waals surface area contributed by atoms with Crippen LogP contribution in [-0.2, 0) is 4.74 Å². The molecule has 10 heavy (non-hydrogen) atoms. The Kier molecular flexibility index (Phi) is 78.6. The number of halogens is 5. The van der Waals surface area contributed by atoms with Gasteiger partial charge >= 0.3 is 0 Å². The van der Waals surface area contributed by atoms with E-state index in [1.807, 2.05) is 0 Å². The molecule has 1 fully saturated rings. The third kappa shape index (κ3) is 15.6. The number of hydrogen-bond acceptors (Lipinski definition) is 1. The minimum atomic E-state index is 0. The molecule has 0 aromatic carbocycles. The van der Waals surface area contributed by atoms with Crippen molar-refractivity contribution in [2.45, 2.75) is 12.8 Å². The van der Waals surface area contributed by atoms with Crippen molar-refractivity contribution in [1.29, 1.82) is 0 Å². The maximum Gasteiger partial charge on any atom is 0.0466 e. The van der Waals surface area contributed by atoms with Crippen molar-refractivity contribution >= 4 is 0 Å². The van der Waals surface area contributed by atoms with Crippen LogP contribution in [-0.4, -0.2) is 13.2 Å². The zero-order chi connectivity index (χ0) is 3.54. The lowest BCUT2D eigenvalue weighted by molar-refractivity contribution is 0.198. The van der Waals surface area contributed by atoms with Gasteiger partial charge in [0.1, 0.15) is 0 Å². The molecule has 0 N–H and O–H groups in total. The van der Waals surface area contributed by atoms with Gasteiger partial charge in [-0.3, -0.25) is 23.5 Å². The normalized spacial score (nSPS) is 12.0. The molecule has 1 heterocycles. The largest absolute Gasteiger partial charge is 0.381 e. The van der Waals surface area contributed by atoms with Gasteiger partial charge in [-0.05, 0) is 12.8 Å². The first-order valence-corrected chi connectivity index (χ1v) is 2.08. The summed E-state index contributed by atoms with van der Waals surface area (Å²) in [6.45, 7) is 2.00. The highest BCUT2D eigenvalue weighted by Crippen LogP contribution is 1.98. The van der Waals surface area contributed by atoms with Gasteiger partial charge in [0.25, 0.3) is 0 Å². The van der Waals surface area contributed by atoms with Gasteiger partial charge in [-0.1, -0.05) is 0 Å². The summed E-state index contributed by atoms with van der Waals surface area (Å²) in [4.78, 5) is 0. The molecule has 0 atom stereocenters. The Morgan fingerprint density at radius 1 is 0.600 bits per heavy atom. The van der Waals surface area contributed by atoms with Gasteiger partial charge in [-0.25, -0.2) is 0 Å². The summed E-state index contributed by atoms with van der Waals surface area (Å²) in [6, 6.07) is 0.